The van der Waals surface area contributed by atoms with Crippen molar-refractivity contribution in [1.29, 1.82) is 0 Å². The van der Waals surface area contributed by atoms with Gasteiger partial charge in [0.15, 0.2) is 9.84 Å². The highest BCUT2D eigenvalue weighted by Crippen LogP contribution is 2.29. The molecule has 26 heavy (non-hydrogen) atoms. The maximum absolute atomic E-state index is 12.8. The molecule has 0 amide bonds. The molecule has 0 saturated carbocycles. The van der Waals surface area contributed by atoms with E-state index >= 15 is 0 Å². The number of hydrogen-bond donors (Lipinski definition) is 1. The Morgan fingerprint density at radius 3 is 2.31 bits per heavy atom. The van der Waals surface area contributed by atoms with E-state index in [-0.39, 0.29) is 12.3 Å². The third kappa shape index (κ3) is 6.58. The molecule has 1 N–H and O–H groups in total. The summed E-state index contributed by atoms with van der Waals surface area (Å²) < 4.78 is 61.4. The minimum absolute atomic E-state index is 0.215. The summed E-state index contributed by atoms with van der Waals surface area (Å²) in [5.41, 5.74) is -0.0883. The zero-order valence-corrected chi connectivity index (χ0v) is 14.9. The monoisotopic (exact) mass is 394 g/mol. The number of halogens is 3. The predicted molar refractivity (Wildman–Crippen MR) is 89.5 cm³/mol. The molecule has 146 valence electrons. The number of aliphatic carboxylic acids is 1. The molecular formula is C16H21F3N2O4S. The van der Waals surface area contributed by atoms with Crippen LogP contribution in [-0.4, -0.2) is 73.5 Å². The van der Waals surface area contributed by atoms with Crippen molar-refractivity contribution in [3.05, 3.63) is 35.4 Å². The summed E-state index contributed by atoms with van der Waals surface area (Å²) >= 11 is 0. The Hall–Kier alpha value is -1.65. The second kappa shape index (κ2) is 8.36. The van der Waals surface area contributed by atoms with Crippen molar-refractivity contribution in [2.45, 2.75) is 12.7 Å². The van der Waals surface area contributed by atoms with Crippen LogP contribution in [-0.2, 0) is 27.4 Å². The van der Waals surface area contributed by atoms with E-state index in [1.54, 1.807) is 6.07 Å². The Kier molecular flexibility index (Phi) is 6.64. The van der Waals surface area contributed by atoms with Crippen LogP contribution in [0.15, 0.2) is 24.3 Å². The number of sulfone groups is 1. The molecule has 0 bridgehead atoms. The number of alkyl halides is 3. The van der Waals surface area contributed by atoms with Crippen LogP contribution in [0.2, 0.25) is 0 Å². The van der Waals surface area contributed by atoms with Gasteiger partial charge in [0.1, 0.15) is 5.75 Å². The average Bonchev–Trinajstić information content (AvgIpc) is 2.53. The molecule has 0 aliphatic carbocycles. The third-order valence-corrected chi connectivity index (χ3v) is 5.68. The van der Waals surface area contributed by atoms with Gasteiger partial charge in [0.05, 0.1) is 11.3 Å². The summed E-state index contributed by atoms with van der Waals surface area (Å²) in [5, 5.41) is 8.56. The van der Waals surface area contributed by atoms with Gasteiger partial charge in [-0.1, -0.05) is 18.2 Å². The van der Waals surface area contributed by atoms with Crippen molar-refractivity contribution in [3.8, 4) is 0 Å². The summed E-state index contributed by atoms with van der Waals surface area (Å²) in [6.45, 7) is 3.04. The van der Waals surface area contributed by atoms with Gasteiger partial charge in [-0.3, -0.25) is 14.6 Å². The van der Waals surface area contributed by atoms with Crippen LogP contribution in [0.25, 0.3) is 0 Å². The maximum Gasteiger partial charge on any atom is 0.416 e. The van der Waals surface area contributed by atoms with Gasteiger partial charge in [-0.05, 0) is 11.6 Å². The van der Waals surface area contributed by atoms with Gasteiger partial charge >= 0.3 is 12.1 Å². The highest BCUT2D eigenvalue weighted by Gasteiger charge is 2.30. The first-order chi connectivity index (χ1) is 12.0. The van der Waals surface area contributed by atoms with Crippen LogP contribution in [0, 0.1) is 0 Å². The minimum Gasteiger partial charge on any atom is -0.480 e. The van der Waals surface area contributed by atoms with Crippen LogP contribution in [0.5, 0.6) is 0 Å². The summed E-state index contributed by atoms with van der Waals surface area (Å²) in [4.78, 5) is 14.4. The SMILES string of the molecule is O=C(O)CS(=O)(=O)CCN1CCN(Cc2cccc(C(F)(F)F)c2)CC1. The van der Waals surface area contributed by atoms with Gasteiger partial charge < -0.3 is 5.11 Å². The number of benzene rings is 1. The van der Waals surface area contributed by atoms with E-state index < -0.39 is 33.3 Å². The molecule has 2 rings (SSSR count). The molecule has 0 unspecified atom stereocenters. The molecule has 0 spiro atoms. The molecule has 0 radical (unpaired) electrons. The van der Waals surface area contributed by atoms with Crippen molar-refractivity contribution >= 4 is 15.8 Å². The molecular weight excluding hydrogens is 373 g/mol. The largest absolute Gasteiger partial charge is 0.480 e. The molecule has 6 nitrogen and oxygen atoms in total. The minimum atomic E-state index is -4.36. The lowest BCUT2D eigenvalue weighted by Gasteiger charge is -2.34. The summed E-state index contributed by atoms with van der Waals surface area (Å²) in [6, 6.07) is 5.23. The first kappa shape index (κ1) is 20.7. The highest BCUT2D eigenvalue weighted by molar-refractivity contribution is 7.92. The number of carboxylic acids is 1. The number of carbonyl (C=O) groups is 1. The van der Waals surface area contributed by atoms with Gasteiger partial charge in [-0.25, -0.2) is 8.42 Å². The van der Waals surface area contributed by atoms with Crippen LogP contribution in [0.3, 0.4) is 0 Å². The standard InChI is InChI=1S/C16H21F3N2O4S/c17-16(18,19)14-3-1-2-13(10-14)11-21-6-4-20(5-7-21)8-9-26(24,25)12-15(22)23/h1-3,10H,4-9,11-12H2,(H,22,23). The van der Waals surface area contributed by atoms with Gasteiger partial charge in [0.25, 0.3) is 0 Å². The maximum atomic E-state index is 12.8. The molecule has 1 aromatic carbocycles. The lowest BCUT2D eigenvalue weighted by atomic mass is 10.1. The van der Waals surface area contributed by atoms with E-state index in [0.717, 1.165) is 12.1 Å². The van der Waals surface area contributed by atoms with Crippen LogP contribution < -0.4 is 0 Å². The van der Waals surface area contributed by atoms with Crippen molar-refractivity contribution in [2.75, 3.05) is 44.2 Å². The fraction of sp³-hybridized carbons (Fsp3) is 0.562. The van der Waals surface area contributed by atoms with E-state index in [9.17, 15) is 26.4 Å². The van der Waals surface area contributed by atoms with Crippen molar-refractivity contribution in [2.24, 2.45) is 0 Å². The Labute approximate surface area is 150 Å². The van der Waals surface area contributed by atoms with Gasteiger partial charge in [0.2, 0.25) is 0 Å². The summed E-state index contributed by atoms with van der Waals surface area (Å²) in [5.74, 6) is -2.45. The Morgan fingerprint density at radius 2 is 1.73 bits per heavy atom. The number of piperazine rings is 1. The van der Waals surface area contributed by atoms with Crippen molar-refractivity contribution < 1.29 is 31.5 Å². The highest BCUT2D eigenvalue weighted by atomic mass is 32.2. The topological polar surface area (TPSA) is 77.9 Å². The summed E-state index contributed by atoms with van der Waals surface area (Å²) in [7, 11) is -3.62. The second-order valence-electron chi connectivity index (χ2n) is 6.30. The number of nitrogens with zero attached hydrogens (tertiary/aromatic N) is 2. The fourth-order valence-electron chi connectivity index (χ4n) is 2.80. The molecule has 0 atom stereocenters. The molecule has 10 heteroatoms. The lowest BCUT2D eigenvalue weighted by Crippen LogP contribution is -2.47. The fourth-order valence-corrected chi connectivity index (χ4v) is 3.86. The lowest BCUT2D eigenvalue weighted by molar-refractivity contribution is -0.137. The molecule has 1 saturated heterocycles. The Bertz CT molecular complexity index is 729. The number of hydrogen-bond acceptors (Lipinski definition) is 5. The number of rotatable bonds is 7. The first-order valence-electron chi connectivity index (χ1n) is 8.08. The van der Waals surface area contributed by atoms with Crippen molar-refractivity contribution in [3.63, 3.8) is 0 Å². The van der Waals surface area contributed by atoms with Crippen LogP contribution >= 0.6 is 0 Å². The van der Waals surface area contributed by atoms with Crippen LogP contribution in [0.1, 0.15) is 11.1 Å². The van der Waals surface area contributed by atoms with E-state index in [2.05, 4.69) is 0 Å². The predicted octanol–water partition coefficient (Wildman–Crippen LogP) is 1.32. The first-order valence-corrected chi connectivity index (χ1v) is 9.90. The average molecular weight is 394 g/mol. The van der Waals surface area contributed by atoms with E-state index in [1.807, 2.05) is 9.80 Å². The Morgan fingerprint density at radius 1 is 1.12 bits per heavy atom. The van der Waals surface area contributed by atoms with E-state index in [0.29, 0.717) is 38.3 Å². The van der Waals surface area contributed by atoms with E-state index in [1.165, 1.54) is 6.07 Å². The molecule has 1 aliphatic rings. The number of carboxylic acid groups (broad SMARTS) is 1. The van der Waals surface area contributed by atoms with Crippen LogP contribution in [0.4, 0.5) is 13.2 Å². The quantitative estimate of drug-likeness (QED) is 0.752. The van der Waals surface area contributed by atoms with Crippen molar-refractivity contribution in [1.82, 2.24) is 9.80 Å². The third-order valence-electron chi connectivity index (χ3n) is 4.19. The molecule has 0 aromatic heterocycles. The second-order valence-corrected chi connectivity index (χ2v) is 8.49. The smallest absolute Gasteiger partial charge is 0.416 e. The normalized spacial score (nSPS) is 17.3. The van der Waals surface area contributed by atoms with Gasteiger partial charge in [-0.2, -0.15) is 13.2 Å². The Balaban J connectivity index is 1.81. The molecule has 1 fully saturated rings. The zero-order chi connectivity index (χ0) is 19.4. The molecule has 1 aliphatic heterocycles. The molecule has 1 aromatic rings. The van der Waals surface area contributed by atoms with Gasteiger partial charge in [-0.15, -0.1) is 0 Å². The summed E-state index contributed by atoms with van der Waals surface area (Å²) in [6.07, 6.45) is -4.36. The zero-order valence-electron chi connectivity index (χ0n) is 14.1. The molecule has 1 heterocycles. The van der Waals surface area contributed by atoms with Gasteiger partial charge in [0, 0.05) is 39.3 Å². The van der Waals surface area contributed by atoms with E-state index in [4.69, 9.17) is 5.11 Å².